The smallest absolute Gasteiger partial charge is 0.198 e. The highest BCUT2D eigenvalue weighted by molar-refractivity contribution is 5.81. The number of hydrogen-bond donors (Lipinski definition) is 2. The number of carbonyl (C=O) groups is 1. The molecule has 0 atom stereocenters. The highest BCUT2D eigenvalue weighted by Crippen LogP contribution is 2.12. The summed E-state index contributed by atoms with van der Waals surface area (Å²) in [6.45, 7) is 0. The van der Waals surface area contributed by atoms with Crippen molar-refractivity contribution in [1.82, 2.24) is 0 Å². The minimum absolute atomic E-state index is 0.197. The predicted octanol–water partition coefficient (Wildman–Crippen LogP) is 1.67. The quantitative estimate of drug-likeness (QED) is 0.397. The predicted molar refractivity (Wildman–Crippen MR) is 44.7 cm³/mol. The first-order valence-electron chi connectivity index (χ1n) is 3.38. The van der Waals surface area contributed by atoms with Crippen molar-refractivity contribution in [2.24, 2.45) is 0 Å². The molecule has 3 heteroatoms. The summed E-state index contributed by atoms with van der Waals surface area (Å²) >= 11 is 0. The van der Waals surface area contributed by atoms with Crippen LogP contribution in [0.4, 0.5) is 0 Å². The molecule has 1 aromatic carbocycles. The minimum Gasteiger partial charge on any atom is -0.504 e. The van der Waals surface area contributed by atoms with Gasteiger partial charge in [-0.3, -0.25) is 4.79 Å². The Labute approximate surface area is 69.6 Å². The summed E-state index contributed by atoms with van der Waals surface area (Å²) in [6, 6.07) is 8.35. The average Bonchev–Trinajstić information content (AvgIpc) is 2.17. The molecule has 0 aliphatic rings. The van der Waals surface area contributed by atoms with Crippen molar-refractivity contribution >= 4 is 12.0 Å². The Kier molecular flexibility index (Phi) is 2.48. The van der Waals surface area contributed by atoms with Gasteiger partial charge in [-0.25, -0.2) is 0 Å². The molecule has 0 aromatic heterocycles. The lowest BCUT2D eigenvalue weighted by Gasteiger charge is -1.98. The first-order chi connectivity index (χ1) is 5.75. The van der Waals surface area contributed by atoms with Crippen LogP contribution < -0.4 is 0 Å². The summed E-state index contributed by atoms with van der Waals surface area (Å²) in [5.74, 6) is -1.05. The van der Waals surface area contributed by atoms with Crippen LogP contribution >= 0.6 is 0 Å². The number of aliphatic hydroxyl groups is 2. The highest BCUT2D eigenvalue weighted by Gasteiger charge is 2.03. The Hall–Kier alpha value is -1.77. The number of rotatable bonds is 2. The molecule has 0 bridgehead atoms. The summed E-state index contributed by atoms with van der Waals surface area (Å²) in [5, 5.41) is 18.0. The molecule has 1 rings (SSSR count). The van der Waals surface area contributed by atoms with Gasteiger partial charge in [0.05, 0.1) is 0 Å². The minimum atomic E-state index is -0.652. The van der Waals surface area contributed by atoms with Gasteiger partial charge in [0.25, 0.3) is 0 Å². The molecule has 3 nitrogen and oxygen atoms in total. The zero-order valence-corrected chi connectivity index (χ0v) is 6.27. The fourth-order valence-corrected chi connectivity index (χ4v) is 0.800. The van der Waals surface area contributed by atoms with Gasteiger partial charge < -0.3 is 10.2 Å². The SMILES string of the molecule is O=CC(O)=C(O)c1ccccc1. The van der Waals surface area contributed by atoms with E-state index >= 15 is 0 Å². The summed E-state index contributed by atoms with van der Waals surface area (Å²) in [4.78, 5) is 10.1. The summed E-state index contributed by atoms with van der Waals surface area (Å²) in [5.41, 5.74) is 0.419. The fourth-order valence-electron chi connectivity index (χ4n) is 0.800. The van der Waals surface area contributed by atoms with Gasteiger partial charge in [0.2, 0.25) is 0 Å². The van der Waals surface area contributed by atoms with Gasteiger partial charge in [-0.15, -0.1) is 0 Å². The van der Waals surface area contributed by atoms with E-state index in [0.717, 1.165) is 0 Å². The van der Waals surface area contributed by atoms with Crippen LogP contribution in [0.1, 0.15) is 5.56 Å². The molecule has 0 heterocycles. The lowest BCUT2D eigenvalue weighted by atomic mass is 10.2. The maximum Gasteiger partial charge on any atom is 0.198 e. The van der Waals surface area contributed by atoms with E-state index in [0.29, 0.717) is 5.56 Å². The molecule has 0 aliphatic carbocycles. The first kappa shape index (κ1) is 8.33. The zero-order chi connectivity index (χ0) is 8.97. The third kappa shape index (κ3) is 1.63. The summed E-state index contributed by atoms with van der Waals surface area (Å²) in [7, 11) is 0. The molecular weight excluding hydrogens is 156 g/mol. The molecule has 0 fully saturated rings. The van der Waals surface area contributed by atoms with Crippen LogP contribution in [0.2, 0.25) is 0 Å². The molecule has 0 spiro atoms. The van der Waals surface area contributed by atoms with Crippen molar-refractivity contribution in [1.29, 1.82) is 0 Å². The normalized spacial score (nSPS) is 12.0. The number of carbonyl (C=O) groups excluding carboxylic acids is 1. The number of benzene rings is 1. The average molecular weight is 164 g/mol. The van der Waals surface area contributed by atoms with E-state index < -0.39 is 11.5 Å². The van der Waals surface area contributed by atoms with Gasteiger partial charge in [0, 0.05) is 5.56 Å². The van der Waals surface area contributed by atoms with Gasteiger partial charge in [-0.1, -0.05) is 30.3 Å². The van der Waals surface area contributed by atoms with E-state index in [4.69, 9.17) is 5.11 Å². The number of aldehydes is 1. The Morgan fingerprint density at radius 1 is 1.17 bits per heavy atom. The maximum absolute atomic E-state index is 10.1. The topological polar surface area (TPSA) is 57.5 Å². The maximum atomic E-state index is 10.1. The van der Waals surface area contributed by atoms with Crippen molar-refractivity contribution < 1.29 is 15.0 Å². The van der Waals surface area contributed by atoms with Gasteiger partial charge in [0.15, 0.2) is 17.8 Å². The molecule has 0 radical (unpaired) electrons. The van der Waals surface area contributed by atoms with Crippen molar-refractivity contribution in [2.75, 3.05) is 0 Å². The van der Waals surface area contributed by atoms with Crippen molar-refractivity contribution in [3.05, 3.63) is 41.7 Å². The first-order valence-corrected chi connectivity index (χ1v) is 3.38. The Morgan fingerprint density at radius 2 is 1.75 bits per heavy atom. The number of aliphatic hydroxyl groups excluding tert-OH is 2. The lowest BCUT2D eigenvalue weighted by Crippen LogP contribution is -1.90. The highest BCUT2D eigenvalue weighted by atomic mass is 16.3. The van der Waals surface area contributed by atoms with E-state index in [1.165, 1.54) is 0 Å². The Morgan fingerprint density at radius 3 is 2.25 bits per heavy atom. The molecule has 12 heavy (non-hydrogen) atoms. The lowest BCUT2D eigenvalue weighted by molar-refractivity contribution is -0.107. The van der Waals surface area contributed by atoms with Crippen LogP contribution in [-0.2, 0) is 4.79 Å². The molecule has 62 valence electrons. The summed E-state index contributed by atoms with van der Waals surface area (Å²) < 4.78 is 0. The van der Waals surface area contributed by atoms with E-state index in [1.54, 1.807) is 30.3 Å². The van der Waals surface area contributed by atoms with Crippen LogP contribution in [0.5, 0.6) is 0 Å². The molecule has 0 aliphatic heterocycles. The van der Waals surface area contributed by atoms with Crippen molar-refractivity contribution in [3.8, 4) is 0 Å². The van der Waals surface area contributed by atoms with Gasteiger partial charge in [0.1, 0.15) is 0 Å². The van der Waals surface area contributed by atoms with Gasteiger partial charge in [-0.2, -0.15) is 0 Å². The zero-order valence-electron chi connectivity index (χ0n) is 6.27. The van der Waals surface area contributed by atoms with Crippen LogP contribution in [0.15, 0.2) is 36.1 Å². The van der Waals surface area contributed by atoms with E-state index in [-0.39, 0.29) is 6.29 Å². The van der Waals surface area contributed by atoms with Crippen molar-refractivity contribution in [2.45, 2.75) is 0 Å². The largest absolute Gasteiger partial charge is 0.504 e. The van der Waals surface area contributed by atoms with E-state index in [2.05, 4.69) is 0 Å². The fraction of sp³-hybridized carbons (Fsp3) is 0. The third-order valence-corrected chi connectivity index (χ3v) is 1.40. The second kappa shape index (κ2) is 3.57. The molecular formula is C9H8O3. The van der Waals surface area contributed by atoms with Gasteiger partial charge in [-0.05, 0) is 0 Å². The van der Waals surface area contributed by atoms with Crippen LogP contribution in [-0.4, -0.2) is 16.5 Å². The van der Waals surface area contributed by atoms with Crippen LogP contribution in [0, 0.1) is 0 Å². The molecule has 2 N–H and O–H groups in total. The van der Waals surface area contributed by atoms with E-state index in [9.17, 15) is 9.90 Å². The number of allylic oxidation sites excluding steroid dienone is 1. The standard InChI is InChI=1S/C9H8O3/c10-6-8(11)9(12)7-4-2-1-3-5-7/h1-6,11-12H. The summed E-state index contributed by atoms with van der Waals surface area (Å²) in [6.07, 6.45) is 0.197. The van der Waals surface area contributed by atoms with Crippen molar-refractivity contribution in [3.63, 3.8) is 0 Å². The Balaban J connectivity index is 3.08. The Bertz CT molecular complexity index is 301. The van der Waals surface area contributed by atoms with E-state index in [1.807, 2.05) is 0 Å². The van der Waals surface area contributed by atoms with Gasteiger partial charge >= 0.3 is 0 Å². The number of hydrogen-bond acceptors (Lipinski definition) is 3. The molecule has 0 unspecified atom stereocenters. The second-order valence-electron chi connectivity index (χ2n) is 2.22. The van der Waals surface area contributed by atoms with Crippen LogP contribution in [0.25, 0.3) is 5.76 Å². The monoisotopic (exact) mass is 164 g/mol. The molecule has 0 saturated heterocycles. The molecule has 0 saturated carbocycles. The second-order valence-corrected chi connectivity index (χ2v) is 2.22. The third-order valence-electron chi connectivity index (χ3n) is 1.40. The van der Waals surface area contributed by atoms with Crippen LogP contribution in [0.3, 0.4) is 0 Å². The molecule has 1 aromatic rings. The molecule has 0 amide bonds.